The summed E-state index contributed by atoms with van der Waals surface area (Å²) in [4.78, 5) is 27.9. The fraction of sp³-hybridized carbons (Fsp3) is 0.333. The van der Waals surface area contributed by atoms with E-state index in [1.807, 2.05) is 67.5 Å². The highest BCUT2D eigenvalue weighted by molar-refractivity contribution is 6.01. The number of anilines is 3. The lowest BCUT2D eigenvalue weighted by Gasteiger charge is -2.21. The molecule has 5 nitrogen and oxygen atoms in total. The Morgan fingerprint density at radius 2 is 1.46 bits per heavy atom. The highest BCUT2D eigenvalue weighted by Gasteiger charge is 2.16. The second kappa shape index (κ2) is 8.52. The van der Waals surface area contributed by atoms with Crippen LogP contribution in [0.1, 0.15) is 32.3 Å². The summed E-state index contributed by atoms with van der Waals surface area (Å²) in [6.45, 7) is 5.68. The van der Waals surface area contributed by atoms with Crippen molar-refractivity contribution in [1.82, 2.24) is 0 Å². The first kappa shape index (κ1) is 19.5. The van der Waals surface area contributed by atoms with E-state index in [2.05, 4.69) is 19.2 Å². The molecule has 0 heterocycles. The molecule has 0 unspecified atom stereocenters. The SMILES string of the molecule is CC(=O)N(CC(=O)Nc1ccc(N(C)C)cc1)c1ccc(C(C)C)cc1. The molecule has 2 aromatic rings. The van der Waals surface area contributed by atoms with Crippen LogP contribution in [0.3, 0.4) is 0 Å². The van der Waals surface area contributed by atoms with Crippen molar-refractivity contribution in [3.63, 3.8) is 0 Å². The zero-order valence-electron chi connectivity index (χ0n) is 16.1. The molecule has 5 heteroatoms. The number of benzene rings is 2. The van der Waals surface area contributed by atoms with Crippen LogP contribution in [-0.2, 0) is 9.59 Å². The molecule has 2 amide bonds. The second-order valence-corrected chi connectivity index (χ2v) is 6.84. The lowest BCUT2D eigenvalue weighted by molar-refractivity contribution is -0.120. The summed E-state index contributed by atoms with van der Waals surface area (Å²) in [5.74, 6) is 0.0226. The van der Waals surface area contributed by atoms with Gasteiger partial charge in [0.2, 0.25) is 11.8 Å². The van der Waals surface area contributed by atoms with Crippen molar-refractivity contribution in [2.75, 3.05) is 35.8 Å². The summed E-state index contributed by atoms with van der Waals surface area (Å²) in [6.07, 6.45) is 0. The summed E-state index contributed by atoms with van der Waals surface area (Å²) < 4.78 is 0. The van der Waals surface area contributed by atoms with Crippen molar-refractivity contribution >= 4 is 28.9 Å². The fourth-order valence-corrected chi connectivity index (χ4v) is 2.61. The maximum Gasteiger partial charge on any atom is 0.244 e. The van der Waals surface area contributed by atoms with Gasteiger partial charge >= 0.3 is 0 Å². The van der Waals surface area contributed by atoms with E-state index in [1.54, 1.807) is 0 Å². The molecule has 0 atom stereocenters. The second-order valence-electron chi connectivity index (χ2n) is 6.84. The Morgan fingerprint density at radius 1 is 0.923 bits per heavy atom. The van der Waals surface area contributed by atoms with Crippen molar-refractivity contribution in [3.05, 3.63) is 54.1 Å². The van der Waals surface area contributed by atoms with Gasteiger partial charge in [-0.2, -0.15) is 0 Å². The van der Waals surface area contributed by atoms with Crippen LogP contribution < -0.4 is 15.1 Å². The molecular weight excluding hydrogens is 326 g/mol. The number of carbonyl (C=O) groups excluding carboxylic acids is 2. The van der Waals surface area contributed by atoms with E-state index >= 15 is 0 Å². The smallest absolute Gasteiger partial charge is 0.244 e. The Hall–Kier alpha value is -2.82. The summed E-state index contributed by atoms with van der Waals surface area (Å²) >= 11 is 0. The molecule has 0 aliphatic rings. The van der Waals surface area contributed by atoms with Crippen molar-refractivity contribution in [2.45, 2.75) is 26.7 Å². The molecule has 0 aromatic heterocycles. The summed E-state index contributed by atoms with van der Waals surface area (Å²) in [6, 6.07) is 15.3. The Bertz CT molecular complexity index is 750. The lowest BCUT2D eigenvalue weighted by atomic mass is 10.0. The molecule has 0 radical (unpaired) electrons. The van der Waals surface area contributed by atoms with Gasteiger partial charge < -0.3 is 15.1 Å². The molecule has 0 spiro atoms. The van der Waals surface area contributed by atoms with E-state index in [-0.39, 0.29) is 18.4 Å². The maximum absolute atomic E-state index is 12.4. The third kappa shape index (κ3) is 5.09. The van der Waals surface area contributed by atoms with Crippen LogP contribution in [-0.4, -0.2) is 32.5 Å². The number of nitrogens with one attached hydrogen (secondary N) is 1. The van der Waals surface area contributed by atoms with Crippen molar-refractivity contribution < 1.29 is 9.59 Å². The third-order valence-corrected chi connectivity index (χ3v) is 4.22. The highest BCUT2D eigenvalue weighted by atomic mass is 16.2. The highest BCUT2D eigenvalue weighted by Crippen LogP contribution is 2.21. The maximum atomic E-state index is 12.4. The van der Waals surface area contributed by atoms with Gasteiger partial charge in [-0.1, -0.05) is 26.0 Å². The Morgan fingerprint density at radius 3 is 1.92 bits per heavy atom. The molecule has 0 saturated heterocycles. The number of nitrogens with zero attached hydrogens (tertiary/aromatic N) is 2. The van der Waals surface area contributed by atoms with Gasteiger partial charge in [0.15, 0.2) is 0 Å². The molecule has 0 saturated carbocycles. The van der Waals surface area contributed by atoms with Crippen LogP contribution in [0.15, 0.2) is 48.5 Å². The van der Waals surface area contributed by atoms with E-state index in [0.29, 0.717) is 11.6 Å². The van der Waals surface area contributed by atoms with Crippen molar-refractivity contribution in [1.29, 1.82) is 0 Å². The largest absolute Gasteiger partial charge is 0.378 e. The Labute approximate surface area is 155 Å². The van der Waals surface area contributed by atoms with E-state index in [0.717, 1.165) is 11.4 Å². The first-order valence-electron chi connectivity index (χ1n) is 8.73. The molecule has 2 rings (SSSR count). The van der Waals surface area contributed by atoms with E-state index in [9.17, 15) is 9.59 Å². The van der Waals surface area contributed by atoms with Gasteiger partial charge in [-0.05, 0) is 47.9 Å². The summed E-state index contributed by atoms with van der Waals surface area (Å²) in [5.41, 5.74) is 3.68. The minimum absolute atomic E-state index is 0.0220. The monoisotopic (exact) mass is 353 g/mol. The third-order valence-electron chi connectivity index (χ3n) is 4.22. The van der Waals surface area contributed by atoms with Crippen LogP contribution in [0.4, 0.5) is 17.1 Å². The first-order chi connectivity index (χ1) is 12.3. The average Bonchev–Trinajstić information content (AvgIpc) is 2.60. The zero-order valence-corrected chi connectivity index (χ0v) is 16.1. The number of rotatable bonds is 6. The van der Waals surface area contributed by atoms with Crippen LogP contribution in [0.25, 0.3) is 0 Å². The van der Waals surface area contributed by atoms with E-state index in [1.165, 1.54) is 17.4 Å². The summed E-state index contributed by atoms with van der Waals surface area (Å²) in [5, 5.41) is 2.84. The molecule has 0 aliphatic carbocycles. The molecule has 1 N–H and O–H groups in total. The van der Waals surface area contributed by atoms with Crippen LogP contribution in [0.2, 0.25) is 0 Å². The van der Waals surface area contributed by atoms with Gasteiger partial charge in [0.05, 0.1) is 0 Å². The zero-order chi connectivity index (χ0) is 19.3. The predicted molar refractivity (Wildman–Crippen MR) is 108 cm³/mol. The molecule has 0 aliphatic heterocycles. The standard InChI is InChI=1S/C21H27N3O2/c1-15(2)17-6-10-20(11-7-17)24(16(3)25)14-21(26)22-18-8-12-19(13-9-18)23(4)5/h6-13,15H,14H2,1-5H3,(H,22,26). The van der Waals surface area contributed by atoms with Crippen LogP contribution in [0.5, 0.6) is 0 Å². The van der Waals surface area contributed by atoms with Crippen LogP contribution >= 0.6 is 0 Å². The van der Waals surface area contributed by atoms with Crippen LogP contribution in [0, 0.1) is 0 Å². The van der Waals surface area contributed by atoms with E-state index in [4.69, 9.17) is 0 Å². The molecular formula is C21H27N3O2. The average molecular weight is 353 g/mol. The topological polar surface area (TPSA) is 52.7 Å². The fourth-order valence-electron chi connectivity index (χ4n) is 2.61. The van der Waals surface area contributed by atoms with Gasteiger partial charge in [0, 0.05) is 38.1 Å². The van der Waals surface area contributed by atoms with Gasteiger partial charge in [-0.15, -0.1) is 0 Å². The number of carbonyl (C=O) groups is 2. The van der Waals surface area contributed by atoms with E-state index < -0.39 is 0 Å². The molecule has 0 bridgehead atoms. The van der Waals surface area contributed by atoms with Crippen molar-refractivity contribution in [3.8, 4) is 0 Å². The number of amides is 2. The predicted octanol–water partition coefficient (Wildman–Crippen LogP) is 3.87. The Kier molecular flexibility index (Phi) is 6.39. The quantitative estimate of drug-likeness (QED) is 0.858. The molecule has 0 fully saturated rings. The lowest BCUT2D eigenvalue weighted by Crippen LogP contribution is -2.36. The molecule has 26 heavy (non-hydrogen) atoms. The Balaban J connectivity index is 2.06. The summed E-state index contributed by atoms with van der Waals surface area (Å²) in [7, 11) is 3.92. The normalized spacial score (nSPS) is 10.5. The van der Waals surface area contributed by atoms with Crippen molar-refractivity contribution in [2.24, 2.45) is 0 Å². The van der Waals surface area contributed by atoms with Gasteiger partial charge in [-0.3, -0.25) is 9.59 Å². The number of hydrogen-bond acceptors (Lipinski definition) is 3. The van der Waals surface area contributed by atoms with Gasteiger partial charge in [0.1, 0.15) is 6.54 Å². The first-order valence-corrected chi connectivity index (χ1v) is 8.73. The van der Waals surface area contributed by atoms with Gasteiger partial charge in [-0.25, -0.2) is 0 Å². The minimum atomic E-state index is -0.231. The number of hydrogen-bond donors (Lipinski definition) is 1. The molecule has 2 aromatic carbocycles. The molecule has 138 valence electrons. The minimum Gasteiger partial charge on any atom is -0.378 e. The van der Waals surface area contributed by atoms with Gasteiger partial charge in [0.25, 0.3) is 0 Å².